The molecule has 1 aliphatic rings. The van der Waals surface area contributed by atoms with Gasteiger partial charge < -0.3 is 20.1 Å². The number of nitrogens with zero attached hydrogens (tertiary/aromatic N) is 3. The van der Waals surface area contributed by atoms with Crippen molar-refractivity contribution in [3.05, 3.63) is 17.8 Å². The molecule has 1 aromatic heterocycles. The highest BCUT2D eigenvalue weighted by molar-refractivity contribution is 5.51. The van der Waals surface area contributed by atoms with Crippen molar-refractivity contribution < 1.29 is 23.0 Å². The highest BCUT2D eigenvalue weighted by atomic mass is 19.4. The van der Waals surface area contributed by atoms with E-state index in [1.54, 1.807) is 4.90 Å². The van der Waals surface area contributed by atoms with Crippen molar-refractivity contribution in [3.63, 3.8) is 0 Å². The van der Waals surface area contributed by atoms with Crippen LogP contribution in [0.15, 0.2) is 12.3 Å². The molecule has 0 saturated carbocycles. The molecule has 6 nitrogen and oxygen atoms in total. The second-order valence-electron chi connectivity index (χ2n) is 5.90. The molecule has 9 heteroatoms. The van der Waals surface area contributed by atoms with Crippen LogP contribution >= 0.6 is 0 Å². The number of aliphatic hydroxyl groups excluding tert-OH is 1. The van der Waals surface area contributed by atoms with Crippen molar-refractivity contribution >= 4 is 5.82 Å². The number of piperazine rings is 1. The SMILES string of the molecule is CNCCN1CCN(c2ncc(OCCCO)cc2C(F)(F)F)CC1. The molecule has 0 radical (unpaired) electrons. The molecule has 25 heavy (non-hydrogen) atoms. The van der Waals surface area contributed by atoms with Crippen LogP contribution in [0.25, 0.3) is 0 Å². The normalized spacial score (nSPS) is 16.3. The van der Waals surface area contributed by atoms with E-state index in [9.17, 15) is 13.2 Å². The Morgan fingerprint density at radius 3 is 2.60 bits per heavy atom. The minimum Gasteiger partial charge on any atom is -0.492 e. The van der Waals surface area contributed by atoms with Gasteiger partial charge in [-0.05, 0) is 13.1 Å². The maximum absolute atomic E-state index is 13.4. The predicted molar refractivity (Wildman–Crippen MR) is 89.0 cm³/mol. The van der Waals surface area contributed by atoms with Crippen molar-refractivity contribution in [2.75, 3.05) is 64.4 Å². The molecule has 2 N–H and O–H groups in total. The summed E-state index contributed by atoms with van der Waals surface area (Å²) in [5, 5.41) is 11.8. The number of likely N-dealkylation sites (N-methyl/N-ethyl adjacent to an activating group) is 1. The molecule has 0 spiro atoms. The van der Waals surface area contributed by atoms with Gasteiger partial charge >= 0.3 is 6.18 Å². The Balaban J connectivity index is 2.09. The number of nitrogens with one attached hydrogen (secondary N) is 1. The number of alkyl halides is 3. The molecule has 1 saturated heterocycles. The molecule has 2 heterocycles. The first-order valence-electron chi connectivity index (χ1n) is 8.38. The lowest BCUT2D eigenvalue weighted by Crippen LogP contribution is -2.48. The van der Waals surface area contributed by atoms with E-state index in [1.807, 2.05) is 7.05 Å². The van der Waals surface area contributed by atoms with Crippen molar-refractivity contribution in [2.45, 2.75) is 12.6 Å². The molecule has 0 aromatic carbocycles. The van der Waals surface area contributed by atoms with Crippen molar-refractivity contribution in [2.24, 2.45) is 0 Å². The fourth-order valence-electron chi connectivity index (χ4n) is 2.69. The van der Waals surface area contributed by atoms with Gasteiger partial charge in [0.2, 0.25) is 0 Å². The summed E-state index contributed by atoms with van der Waals surface area (Å²) in [5.41, 5.74) is -0.780. The molecule has 1 aromatic rings. The molecule has 1 aliphatic heterocycles. The monoisotopic (exact) mass is 362 g/mol. The predicted octanol–water partition coefficient (Wildman–Crippen LogP) is 1.20. The zero-order valence-corrected chi connectivity index (χ0v) is 14.3. The number of rotatable bonds is 8. The van der Waals surface area contributed by atoms with Crippen molar-refractivity contribution in [1.29, 1.82) is 0 Å². The summed E-state index contributed by atoms with van der Waals surface area (Å²) < 4.78 is 45.5. The summed E-state index contributed by atoms with van der Waals surface area (Å²) in [7, 11) is 1.87. The van der Waals surface area contributed by atoms with Gasteiger partial charge in [-0.1, -0.05) is 0 Å². The van der Waals surface area contributed by atoms with Crippen LogP contribution in [0.2, 0.25) is 0 Å². The van der Waals surface area contributed by atoms with Crippen LogP contribution in [0, 0.1) is 0 Å². The summed E-state index contributed by atoms with van der Waals surface area (Å²) in [6, 6.07) is 0.993. The van der Waals surface area contributed by atoms with E-state index in [-0.39, 0.29) is 24.8 Å². The Hall–Kier alpha value is -1.58. The van der Waals surface area contributed by atoms with Crippen LogP contribution in [0.5, 0.6) is 5.75 Å². The Bertz CT molecular complexity index is 535. The molecule has 0 amide bonds. The van der Waals surface area contributed by atoms with Crippen LogP contribution in [-0.4, -0.2) is 74.5 Å². The van der Waals surface area contributed by atoms with Gasteiger partial charge in [-0.2, -0.15) is 13.2 Å². The number of ether oxygens (including phenoxy) is 1. The zero-order valence-electron chi connectivity index (χ0n) is 14.3. The summed E-state index contributed by atoms with van der Waals surface area (Å²) in [6.07, 6.45) is -2.82. The lowest BCUT2D eigenvalue weighted by molar-refractivity contribution is -0.137. The lowest BCUT2D eigenvalue weighted by Gasteiger charge is -2.36. The molecular weight excluding hydrogens is 337 g/mol. The van der Waals surface area contributed by atoms with Gasteiger partial charge in [0.1, 0.15) is 17.1 Å². The lowest BCUT2D eigenvalue weighted by atomic mass is 10.2. The van der Waals surface area contributed by atoms with E-state index in [2.05, 4.69) is 15.2 Å². The van der Waals surface area contributed by atoms with Gasteiger partial charge in [0, 0.05) is 52.3 Å². The molecule has 0 bridgehead atoms. The maximum Gasteiger partial charge on any atom is 0.420 e. The van der Waals surface area contributed by atoms with E-state index in [4.69, 9.17) is 9.84 Å². The van der Waals surface area contributed by atoms with Crippen LogP contribution < -0.4 is 15.0 Å². The number of hydrogen-bond donors (Lipinski definition) is 2. The van der Waals surface area contributed by atoms with Gasteiger partial charge in [-0.15, -0.1) is 0 Å². The maximum atomic E-state index is 13.4. The quantitative estimate of drug-likeness (QED) is 0.678. The van der Waals surface area contributed by atoms with Crippen LogP contribution in [0.4, 0.5) is 19.0 Å². The van der Waals surface area contributed by atoms with E-state index < -0.39 is 11.7 Å². The van der Waals surface area contributed by atoms with E-state index in [1.165, 1.54) is 6.20 Å². The second kappa shape index (κ2) is 9.21. The third kappa shape index (κ3) is 5.72. The Morgan fingerprint density at radius 2 is 2.00 bits per heavy atom. The number of anilines is 1. The number of aromatic nitrogens is 1. The van der Waals surface area contributed by atoms with Gasteiger partial charge in [-0.25, -0.2) is 4.98 Å². The van der Waals surface area contributed by atoms with E-state index in [0.29, 0.717) is 32.6 Å². The largest absolute Gasteiger partial charge is 0.492 e. The summed E-state index contributed by atoms with van der Waals surface area (Å²) in [5.74, 6) is 0.0208. The second-order valence-corrected chi connectivity index (χ2v) is 5.90. The molecule has 142 valence electrons. The van der Waals surface area contributed by atoms with Gasteiger partial charge in [0.05, 0.1) is 12.8 Å². The molecular formula is C16H25F3N4O2. The number of aliphatic hydroxyl groups is 1. The van der Waals surface area contributed by atoms with E-state index >= 15 is 0 Å². The summed E-state index contributed by atoms with van der Waals surface area (Å²) >= 11 is 0. The Kier molecular flexibility index (Phi) is 7.27. The highest BCUT2D eigenvalue weighted by Gasteiger charge is 2.37. The van der Waals surface area contributed by atoms with Gasteiger partial charge in [-0.3, -0.25) is 4.90 Å². The fraction of sp³-hybridized carbons (Fsp3) is 0.688. The number of halogens is 3. The standard InChI is InChI=1S/C16H25F3N4O2/c1-20-3-4-22-5-7-23(8-6-22)15-14(16(17,18)19)11-13(12-21-15)25-10-2-9-24/h11-12,20,24H,2-10H2,1H3. The number of hydrogen-bond acceptors (Lipinski definition) is 6. The third-order valence-corrected chi connectivity index (χ3v) is 4.07. The van der Waals surface area contributed by atoms with Crippen LogP contribution in [0.1, 0.15) is 12.0 Å². The molecule has 1 fully saturated rings. The average molecular weight is 362 g/mol. The zero-order chi connectivity index (χ0) is 18.3. The topological polar surface area (TPSA) is 60.9 Å². The van der Waals surface area contributed by atoms with Gasteiger partial charge in [0.15, 0.2) is 0 Å². The Labute approximate surface area is 145 Å². The number of pyridine rings is 1. The molecule has 0 atom stereocenters. The summed E-state index contributed by atoms with van der Waals surface area (Å²) in [4.78, 5) is 7.91. The fourth-order valence-corrected chi connectivity index (χ4v) is 2.69. The summed E-state index contributed by atoms with van der Waals surface area (Å²) in [6.45, 7) is 4.22. The third-order valence-electron chi connectivity index (χ3n) is 4.07. The van der Waals surface area contributed by atoms with E-state index in [0.717, 1.165) is 19.2 Å². The minimum atomic E-state index is -4.50. The molecule has 0 unspecified atom stereocenters. The molecule has 2 rings (SSSR count). The van der Waals surface area contributed by atoms with Crippen LogP contribution in [-0.2, 0) is 6.18 Å². The van der Waals surface area contributed by atoms with Crippen molar-refractivity contribution in [3.8, 4) is 5.75 Å². The first kappa shape index (κ1) is 19.7. The first-order valence-corrected chi connectivity index (χ1v) is 8.38. The van der Waals surface area contributed by atoms with Crippen molar-refractivity contribution in [1.82, 2.24) is 15.2 Å². The smallest absolute Gasteiger partial charge is 0.420 e. The Morgan fingerprint density at radius 1 is 1.28 bits per heavy atom. The van der Waals surface area contributed by atoms with Gasteiger partial charge in [0.25, 0.3) is 0 Å². The first-order chi connectivity index (χ1) is 12.0. The highest BCUT2D eigenvalue weighted by Crippen LogP contribution is 2.37. The molecule has 0 aliphatic carbocycles. The minimum absolute atomic E-state index is 0.0460. The average Bonchev–Trinajstić information content (AvgIpc) is 2.60. The van der Waals surface area contributed by atoms with Crippen LogP contribution in [0.3, 0.4) is 0 Å².